The second kappa shape index (κ2) is 8.18. The van der Waals surface area contributed by atoms with Crippen LogP contribution in [0.4, 0.5) is 10.2 Å². The summed E-state index contributed by atoms with van der Waals surface area (Å²) in [4.78, 5) is 16.3. The fourth-order valence-corrected chi connectivity index (χ4v) is 4.79. The number of nitrogens with zero attached hydrogens (tertiary/aromatic N) is 5. The highest BCUT2D eigenvalue weighted by molar-refractivity contribution is 5.94. The van der Waals surface area contributed by atoms with Crippen molar-refractivity contribution in [2.24, 2.45) is 0 Å². The quantitative estimate of drug-likeness (QED) is 0.424. The normalized spacial score (nSPS) is 16.4. The molecule has 170 valence electrons. The van der Waals surface area contributed by atoms with Crippen molar-refractivity contribution in [2.75, 3.05) is 24.5 Å². The molecule has 0 radical (unpaired) electrons. The third-order valence-electron chi connectivity index (χ3n) is 6.46. The van der Waals surface area contributed by atoms with Crippen LogP contribution in [0.3, 0.4) is 0 Å². The maximum Gasteiger partial charge on any atom is 0.137 e. The second-order valence-electron chi connectivity index (χ2n) is 8.97. The molecule has 0 aliphatic carbocycles. The summed E-state index contributed by atoms with van der Waals surface area (Å²) < 4.78 is 16.1. The van der Waals surface area contributed by atoms with E-state index in [1.807, 2.05) is 36.0 Å². The molecule has 5 heterocycles. The highest BCUT2D eigenvalue weighted by Crippen LogP contribution is 2.31. The number of nitrogens with one attached hydrogen (secondary N) is 1. The van der Waals surface area contributed by atoms with E-state index in [-0.39, 0.29) is 5.82 Å². The first-order chi connectivity index (χ1) is 16.5. The Kier molecular flexibility index (Phi) is 4.99. The van der Waals surface area contributed by atoms with E-state index in [1.165, 1.54) is 12.1 Å². The van der Waals surface area contributed by atoms with Crippen molar-refractivity contribution < 1.29 is 4.39 Å². The standard InChI is InChI=1S/C27H25FN6/c1-17-11-23(22-13-21(28)4-5-24(22)32-17)25-15-31-27-12-19(7-9-34(25)27)20-3-6-26(30-14-20)33-10-8-29-18(2)16-33/h3-7,9,11-15,18,29H,8,10,16H2,1-2H3/t18-/m1/s1. The zero-order chi connectivity index (χ0) is 23.2. The van der Waals surface area contributed by atoms with Gasteiger partial charge in [-0.3, -0.25) is 9.38 Å². The van der Waals surface area contributed by atoms with Crippen molar-refractivity contribution in [1.29, 1.82) is 0 Å². The van der Waals surface area contributed by atoms with E-state index in [9.17, 15) is 4.39 Å². The van der Waals surface area contributed by atoms with Crippen LogP contribution in [0.15, 0.2) is 67.1 Å². The summed E-state index contributed by atoms with van der Waals surface area (Å²) in [5.74, 6) is 0.732. The molecule has 0 amide bonds. The maximum absolute atomic E-state index is 14.0. The van der Waals surface area contributed by atoms with Gasteiger partial charge in [0.1, 0.15) is 17.3 Å². The number of rotatable bonds is 3. The van der Waals surface area contributed by atoms with Crippen molar-refractivity contribution >= 4 is 22.4 Å². The number of fused-ring (bicyclic) bond motifs is 2. The van der Waals surface area contributed by atoms with Crippen molar-refractivity contribution in [3.8, 4) is 22.4 Å². The van der Waals surface area contributed by atoms with E-state index < -0.39 is 0 Å². The fourth-order valence-electron chi connectivity index (χ4n) is 4.79. The van der Waals surface area contributed by atoms with Gasteiger partial charge in [-0.2, -0.15) is 0 Å². The minimum absolute atomic E-state index is 0.276. The van der Waals surface area contributed by atoms with Crippen LogP contribution in [0.5, 0.6) is 0 Å². The number of hydrogen-bond acceptors (Lipinski definition) is 5. The average molecular weight is 453 g/mol. The van der Waals surface area contributed by atoms with Crippen LogP contribution in [0.2, 0.25) is 0 Å². The highest BCUT2D eigenvalue weighted by Gasteiger charge is 2.17. The third kappa shape index (κ3) is 3.68. The molecule has 34 heavy (non-hydrogen) atoms. The van der Waals surface area contributed by atoms with Gasteiger partial charge in [0.2, 0.25) is 0 Å². The Labute approximate surface area is 197 Å². The third-order valence-corrected chi connectivity index (χ3v) is 6.46. The molecule has 0 spiro atoms. The average Bonchev–Trinajstić information content (AvgIpc) is 3.27. The molecule has 1 aliphatic heterocycles. The van der Waals surface area contributed by atoms with Gasteiger partial charge in [0.15, 0.2) is 0 Å². The number of aryl methyl sites for hydroxylation is 1. The van der Waals surface area contributed by atoms with E-state index in [4.69, 9.17) is 4.98 Å². The number of halogens is 1. The molecule has 1 aliphatic rings. The van der Waals surface area contributed by atoms with Crippen LogP contribution in [-0.2, 0) is 0 Å². The Balaban J connectivity index is 1.36. The number of piperazine rings is 1. The van der Waals surface area contributed by atoms with Crippen LogP contribution in [0.25, 0.3) is 38.9 Å². The molecule has 6 rings (SSSR count). The van der Waals surface area contributed by atoms with Gasteiger partial charge < -0.3 is 10.2 Å². The molecule has 4 aromatic heterocycles. The van der Waals surface area contributed by atoms with E-state index in [1.54, 1.807) is 6.07 Å². The van der Waals surface area contributed by atoms with E-state index in [0.29, 0.717) is 6.04 Å². The molecule has 7 heteroatoms. The topological polar surface area (TPSA) is 58.4 Å². The number of hydrogen-bond donors (Lipinski definition) is 1. The van der Waals surface area contributed by atoms with Crippen molar-refractivity contribution in [1.82, 2.24) is 24.7 Å². The van der Waals surface area contributed by atoms with Crippen molar-refractivity contribution in [2.45, 2.75) is 19.9 Å². The molecule has 1 fully saturated rings. The Hall–Kier alpha value is -3.84. The number of anilines is 1. The minimum atomic E-state index is -0.276. The van der Waals surface area contributed by atoms with Gasteiger partial charge in [-0.15, -0.1) is 0 Å². The molecule has 1 saturated heterocycles. The fraction of sp³-hybridized carbons (Fsp3) is 0.222. The summed E-state index contributed by atoms with van der Waals surface area (Å²) >= 11 is 0. The smallest absolute Gasteiger partial charge is 0.137 e. The summed E-state index contributed by atoms with van der Waals surface area (Å²) in [6, 6.07) is 15.5. The zero-order valence-electron chi connectivity index (χ0n) is 19.2. The first-order valence-corrected chi connectivity index (χ1v) is 11.5. The lowest BCUT2D eigenvalue weighted by Crippen LogP contribution is -2.49. The summed E-state index contributed by atoms with van der Waals surface area (Å²) in [6.07, 6.45) is 5.78. The molecular formula is C27H25FN6. The Morgan fingerprint density at radius 2 is 1.91 bits per heavy atom. The van der Waals surface area contributed by atoms with Gasteiger partial charge >= 0.3 is 0 Å². The maximum atomic E-state index is 14.0. The van der Waals surface area contributed by atoms with Crippen LogP contribution in [0, 0.1) is 12.7 Å². The van der Waals surface area contributed by atoms with Gasteiger partial charge in [-0.1, -0.05) is 0 Å². The van der Waals surface area contributed by atoms with E-state index >= 15 is 0 Å². The van der Waals surface area contributed by atoms with Gasteiger partial charge in [-0.05, 0) is 67.9 Å². The van der Waals surface area contributed by atoms with Crippen molar-refractivity contribution in [3.05, 3.63) is 78.6 Å². The van der Waals surface area contributed by atoms with Crippen LogP contribution >= 0.6 is 0 Å². The SMILES string of the molecule is Cc1cc(-c2cnc3cc(-c4ccc(N5CCN[C@H](C)C5)nc4)ccn23)c2cc(F)ccc2n1. The summed E-state index contributed by atoms with van der Waals surface area (Å²) in [5.41, 5.74) is 6.40. The molecule has 1 atom stereocenters. The second-order valence-corrected chi connectivity index (χ2v) is 8.97. The first-order valence-electron chi connectivity index (χ1n) is 11.5. The summed E-state index contributed by atoms with van der Waals surface area (Å²) in [5, 5.41) is 4.24. The van der Waals surface area contributed by atoms with Crippen LogP contribution in [-0.4, -0.2) is 45.0 Å². The van der Waals surface area contributed by atoms with Gasteiger partial charge in [0, 0.05) is 60.3 Å². The first kappa shape index (κ1) is 20.7. The summed E-state index contributed by atoms with van der Waals surface area (Å²) in [7, 11) is 0. The lowest BCUT2D eigenvalue weighted by molar-refractivity contribution is 0.482. The molecule has 6 nitrogen and oxygen atoms in total. The number of imidazole rings is 1. The number of aromatic nitrogens is 4. The van der Waals surface area contributed by atoms with Gasteiger partial charge in [-0.25, -0.2) is 14.4 Å². The predicted octanol–water partition coefficient (Wildman–Crippen LogP) is 4.86. The molecule has 0 unspecified atom stereocenters. The molecule has 0 bridgehead atoms. The monoisotopic (exact) mass is 452 g/mol. The molecular weight excluding hydrogens is 427 g/mol. The largest absolute Gasteiger partial charge is 0.354 e. The molecule has 5 aromatic rings. The Bertz CT molecular complexity index is 1510. The van der Waals surface area contributed by atoms with Crippen LogP contribution in [0.1, 0.15) is 12.6 Å². The highest BCUT2D eigenvalue weighted by atomic mass is 19.1. The minimum Gasteiger partial charge on any atom is -0.354 e. The molecule has 1 aromatic carbocycles. The zero-order valence-corrected chi connectivity index (χ0v) is 19.2. The summed E-state index contributed by atoms with van der Waals surface area (Å²) in [6.45, 7) is 7.05. The van der Waals surface area contributed by atoms with Gasteiger partial charge in [0.25, 0.3) is 0 Å². The molecule has 1 N–H and O–H groups in total. The van der Waals surface area contributed by atoms with E-state index in [0.717, 1.165) is 70.1 Å². The lowest BCUT2D eigenvalue weighted by Gasteiger charge is -2.32. The molecule has 0 saturated carbocycles. The number of pyridine rings is 3. The Morgan fingerprint density at radius 1 is 1.00 bits per heavy atom. The predicted molar refractivity (Wildman–Crippen MR) is 134 cm³/mol. The van der Waals surface area contributed by atoms with E-state index in [2.05, 4.69) is 51.4 Å². The lowest BCUT2D eigenvalue weighted by atomic mass is 10.0. The number of benzene rings is 1. The Morgan fingerprint density at radius 3 is 2.74 bits per heavy atom. The van der Waals surface area contributed by atoms with Gasteiger partial charge in [0.05, 0.1) is 17.4 Å². The van der Waals surface area contributed by atoms with Crippen molar-refractivity contribution in [3.63, 3.8) is 0 Å². The van der Waals surface area contributed by atoms with Crippen LogP contribution < -0.4 is 10.2 Å².